The highest BCUT2D eigenvalue weighted by molar-refractivity contribution is 5.84. The molecule has 0 aliphatic heterocycles. The quantitative estimate of drug-likeness (QED) is 0.499. The van der Waals surface area contributed by atoms with Crippen LogP contribution in [0.2, 0.25) is 0 Å². The Balaban J connectivity index is 1.28. The molecule has 0 saturated carbocycles. The minimum absolute atomic E-state index is 0.0566. The van der Waals surface area contributed by atoms with Crippen LogP contribution < -0.4 is 5.32 Å². The molecular weight excluding hydrogens is 324 g/mol. The summed E-state index contributed by atoms with van der Waals surface area (Å²) >= 11 is 0. The molecule has 0 unspecified atom stereocenters. The number of carbonyl (C=O) groups is 1. The van der Waals surface area contributed by atoms with Crippen LogP contribution in [0.1, 0.15) is 23.4 Å². The molecule has 0 aliphatic rings. The van der Waals surface area contributed by atoms with Gasteiger partial charge in [0.15, 0.2) is 0 Å². The van der Waals surface area contributed by atoms with Crippen molar-refractivity contribution in [2.75, 3.05) is 6.54 Å². The number of fused-ring (bicyclic) bond motifs is 2. The van der Waals surface area contributed by atoms with Gasteiger partial charge in [0.25, 0.3) is 0 Å². The van der Waals surface area contributed by atoms with Gasteiger partial charge >= 0.3 is 0 Å². The summed E-state index contributed by atoms with van der Waals surface area (Å²) < 4.78 is 0. The summed E-state index contributed by atoms with van der Waals surface area (Å²) in [5.41, 5.74) is 5.58. The van der Waals surface area contributed by atoms with Gasteiger partial charge in [-0.2, -0.15) is 0 Å². The highest BCUT2D eigenvalue weighted by Crippen LogP contribution is 2.19. The Morgan fingerprint density at radius 1 is 1.12 bits per heavy atom. The largest absolute Gasteiger partial charge is 0.361 e. The average molecular weight is 346 g/mol. The molecule has 2 heterocycles. The lowest BCUT2D eigenvalue weighted by atomic mass is 10.1. The fraction of sp³-hybridized carbons (Fsp3) is 0.238. The Morgan fingerprint density at radius 3 is 2.88 bits per heavy atom. The van der Waals surface area contributed by atoms with E-state index in [1.165, 1.54) is 16.5 Å². The van der Waals surface area contributed by atoms with Gasteiger partial charge in [0, 0.05) is 36.5 Å². The number of aromatic amines is 2. The number of imidazole rings is 1. The molecule has 1 amide bonds. The van der Waals surface area contributed by atoms with E-state index in [-0.39, 0.29) is 5.91 Å². The summed E-state index contributed by atoms with van der Waals surface area (Å²) in [6.07, 6.45) is 3.91. The van der Waals surface area contributed by atoms with Gasteiger partial charge in [0.05, 0.1) is 11.0 Å². The first-order chi connectivity index (χ1) is 12.7. The van der Waals surface area contributed by atoms with E-state index in [0.717, 1.165) is 28.8 Å². The third kappa shape index (κ3) is 3.47. The summed E-state index contributed by atoms with van der Waals surface area (Å²) in [6, 6.07) is 14.3. The van der Waals surface area contributed by atoms with Gasteiger partial charge in [-0.15, -0.1) is 0 Å². The molecule has 0 radical (unpaired) electrons. The Morgan fingerprint density at radius 2 is 2.00 bits per heavy atom. The Hall–Kier alpha value is -3.08. The predicted octanol–water partition coefficient (Wildman–Crippen LogP) is 3.64. The summed E-state index contributed by atoms with van der Waals surface area (Å²) in [6.45, 7) is 2.72. The van der Waals surface area contributed by atoms with Crippen LogP contribution in [-0.4, -0.2) is 27.4 Å². The number of hydrogen-bond acceptors (Lipinski definition) is 2. The van der Waals surface area contributed by atoms with E-state index in [1.807, 2.05) is 30.5 Å². The van der Waals surface area contributed by atoms with Gasteiger partial charge < -0.3 is 15.3 Å². The van der Waals surface area contributed by atoms with Crippen LogP contribution in [0.15, 0.2) is 48.7 Å². The molecule has 2 aromatic heterocycles. The van der Waals surface area contributed by atoms with Gasteiger partial charge in [-0.25, -0.2) is 4.98 Å². The van der Waals surface area contributed by atoms with Crippen LogP contribution in [0.25, 0.3) is 21.9 Å². The number of carbonyl (C=O) groups excluding carboxylic acids is 1. The maximum absolute atomic E-state index is 12.1. The predicted molar refractivity (Wildman–Crippen MR) is 104 cm³/mol. The van der Waals surface area contributed by atoms with Crippen LogP contribution in [0.3, 0.4) is 0 Å². The second-order valence-corrected chi connectivity index (χ2v) is 6.66. The molecule has 5 heteroatoms. The number of nitrogens with one attached hydrogen (secondary N) is 3. The summed E-state index contributed by atoms with van der Waals surface area (Å²) in [4.78, 5) is 23.2. The number of rotatable bonds is 6. The molecule has 0 fully saturated rings. The van der Waals surface area contributed by atoms with E-state index >= 15 is 0 Å². The number of benzene rings is 2. The lowest BCUT2D eigenvalue weighted by Crippen LogP contribution is -2.25. The first kappa shape index (κ1) is 16.4. The zero-order valence-corrected chi connectivity index (χ0v) is 14.8. The number of amides is 1. The molecule has 0 spiro atoms. The Bertz CT molecular complexity index is 1030. The first-order valence-electron chi connectivity index (χ1n) is 8.96. The van der Waals surface area contributed by atoms with Gasteiger partial charge in [-0.05, 0) is 42.7 Å². The van der Waals surface area contributed by atoms with Crippen LogP contribution in [0.4, 0.5) is 0 Å². The number of para-hydroxylation sites is 2. The van der Waals surface area contributed by atoms with E-state index in [9.17, 15) is 4.79 Å². The van der Waals surface area contributed by atoms with Crippen LogP contribution in [-0.2, 0) is 17.6 Å². The minimum Gasteiger partial charge on any atom is -0.361 e. The van der Waals surface area contributed by atoms with E-state index in [1.54, 1.807) is 0 Å². The van der Waals surface area contributed by atoms with Crippen molar-refractivity contribution in [3.05, 3.63) is 65.6 Å². The van der Waals surface area contributed by atoms with E-state index in [4.69, 9.17) is 0 Å². The number of nitrogens with zero attached hydrogens (tertiary/aromatic N) is 1. The van der Waals surface area contributed by atoms with Gasteiger partial charge in [0.2, 0.25) is 5.91 Å². The van der Waals surface area contributed by atoms with Gasteiger partial charge in [0.1, 0.15) is 5.82 Å². The smallest absolute Gasteiger partial charge is 0.220 e. The summed E-state index contributed by atoms with van der Waals surface area (Å²) in [5.74, 6) is 0.912. The van der Waals surface area contributed by atoms with Gasteiger partial charge in [-0.3, -0.25) is 4.79 Å². The number of aryl methyl sites for hydroxylation is 2. The molecule has 5 nitrogen and oxygen atoms in total. The molecule has 132 valence electrons. The van der Waals surface area contributed by atoms with Crippen LogP contribution in [0, 0.1) is 6.92 Å². The summed E-state index contributed by atoms with van der Waals surface area (Å²) in [5, 5.41) is 4.24. The topological polar surface area (TPSA) is 73.6 Å². The Kier molecular flexibility index (Phi) is 4.44. The standard InChI is InChI=1S/C21H22N4O/c1-14-6-7-16-15(13-23-19(16)12-14)10-11-22-21(26)9-8-20-24-17-4-2-3-5-18(17)25-20/h2-7,12-13,23H,8-11H2,1H3,(H,22,26)(H,24,25). The Labute approximate surface area is 151 Å². The molecule has 4 rings (SSSR count). The monoisotopic (exact) mass is 346 g/mol. The highest BCUT2D eigenvalue weighted by Gasteiger charge is 2.07. The molecule has 2 aromatic carbocycles. The molecule has 4 aromatic rings. The van der Waals surface area contributed by atoms with Crippen LogP contribution >= 0.6 is 0 Å². The van der Waals surface area contributed by atoms with Crippen molar-refractivity contribution in [3.8, 4) is 0 Å². The normalized spacial score (nSPS) is 11.3. The number of H-pyrrole nitrogens is 2. The third-order valence-electron chi connectivity index (χ3n) is 4.67. The number of aromatic nitrogens is 3. The van der Waals surface area contributed by atoms with E-state index in [0.29, 0.717) is 19.4 Å². The highest BCUT2D eigenvalue weighted by atomic mass is 16.1. The van der Waals surface area contributed by atoms with Crippen LogP contribution in [0.5, 0.6) is 0 Å². The molecule has 0 saturated heterocycles. The molecule has 3 N–H and O–H groups in total. The van der Waals surface area contributed by atoms with Crippen molar-refractivity contribution in [1.82, 2.24) is 20.3 Å². The second-order valence-electron chi connectivity index (χ2n) is 6.66. The zero-order valence-electron chi connectivity index (χ0n) is 14.8. The minimum atomic E-state index is 0.0566. The van der Waals surface area contributed by atoms with Crippen molar-refractivity contribution in [1.29, 1.82) is 0 Å². The van der Waals surface area contributed by atoms with Crippen molar-refractivity contribution < 1.29 is 4.79 Å². The second kappa shape index (κ2) is 7.04. The van der Waals surface area contributed by atoms with Crippen molar-refractivity contribution >= 4 is 27.8 Å². The molecule has 0 bridgehead atoms. The number of hydrogen-bond donors (Lipinski definition) is 3. The SMILES string of the molecule is Cc1ccc2c(CCNC(=O)CCc3nc4ccccc4[nH]3)c[nH]c2c1. The third-order valence-corrected chi connectivity index (χ3v) is 4.67. The maximum atomic E-state index is 12.1. The lowest BCUT2D eigenvalue weighted by Gasteiger charge is -2.04. The fourth-order valence-corrected chi connectivity index (χ4v) is 3.29. The lowest BCUT2D eigenvalue weighted by molar-refractivity contribution is -0.121. The average Bonchev–Trinajstić information content (AvgIpc) is 3.23. The molecule has 26 heavy (non-hydrogen) atoms. The molecular formula is C21H22N4O. The van der Waals surface area contributed by atoms with E-state index in [2.05, 4.69) is 45.4 Å². The van der Waals surface area contributed by atoms with E-state index < -0.39 is 0 Å². The fourth-order valence-electron chi connectivity index (χ4n) is 3.29. The zero-order chi connectivity index (χ0) is 17.9. The summed E-state index contributed by atoms with van der Waals surface area (Å²) in [7, 11) is 0. The van der Waals surface area contributed by atoms with Crippen molar-refractivity contribution in [3.63, 3.8) is 0 Å². The maximum Gasteiger partial charge on any atom is 0.220 e. The molecule has 0 aliphatic carbocycles. The molecule has 0 atom stereocenters. The van der Waals surface area contributed by atoms with Crippen molar-refractivity contribution in [2.45, 2.75) is 26.2 Å². The van der Waals surface area contributed by atoms with Crippen molar-refractivity contribution in [2.24, 2.45) is 0 Å². The van der Waals surface area contributed by atoms with Gasteiger partial charge in [-0.1, -0.05) is 24.3 Å². The first-order valence-corrected chi connectivity index (χ1v) is 8.96.